The van der Waals surface area contributed by atoms with Crippen LogP contribution in [-0.4, -0.2) is 36.3 Å². The highest BCUT2D eigenvalue weighted by Crippen LogP contribution is 2.09. The van der Waals surface area contributed by atoms with Crippen molar-refractivity contribution in [1.29, 1.82) is 0 Å². The van der Waals surface area contributed by atoms with E-state index >= 15 is 0 Å². The minimum absolute atomic E-state index is 0.204. The summed E-state index contributed by atoms with van der Waals surface area (Å²) < 4.78 is 0. The first-order valence-corrected chi connectivity index (χ1v) is 6.18. The Bertz CT molecular complexity index is 354. The third-order valence-electron chi connectivity index (χ3n) is 1.99. The Balaban J connectivity index is 2.31. The normalized spacial score (nSPS) is 9.88. The summed E-state index contributed by atoms with van der Waals surface area (Å²) >= 11 is 6.93. The molecule has 1 rings (SSSR count). The van der Waals surface area contributed by atoms with Crippen LogP contribution in [0.5, 0.6) is 0 Å². The maximum absolute atomic E-state index is 11.4. The van der Waals surface area contributed by atoms with Crippen LogP contribution >= 0.6 is 22.9 Å². The van der Waals surface area contributed by atoms with Crippen molar-refractivity contribution in [3.8, 4) is 0 Å². The summed E-state index contributed by atoms with van der Waals surface area (Å²) in [6.45, 7) is 0.571. The maximum Gasteiger partial charge on any atom is 0.323 e. The van der Waals surface area contributed by atoms with E-state index in [-0.39, 0.29) is 5.88 Å². The fourth-order valence-corrected chi connectivity index (χ4v) is 1.85. The number of rotatable bonds is 4. The summed E-state index contributed by atoms with van der Waals surface area (Å²) in [4.78, 5) is 25.0. The predicted molar refractivity (Wildman–Crippen MR) is 64.9 cm³/mol. The van der Waals surface area contributed by atoms with Crippen molar-refractivity contribution in [3.63, 3.8) is 0 Å². The van der Waals surface area contributed by atoms with Crippen LogP contribution in [0.4, 0.5) is 4.79 Å². The molecule has 0 saturated heterocycles. The number of nitrogens with one attached hydrogen (secondary N) is 1. The van der Waals surface area contributed by atoms with Crippen molar-refractivity contribution >= 4 is 34.9 Å². The van der Waals surface area contributed by atoms with Gasteiger partial charge in [-0.3, -0.25) is 10.1 Å². The van der Waals surface area contributed by atoms with Gasteiger partial charge in [-0.25, -0.2) is 4.79 Å². The average Bonchev–Trinajstić information content (AvgIpc) is 2.78. The molecule has 0 saturated carbocycles. The highest BCUT2D eigenvalue weighted by Gasteiger charge is 2.11. The number of thiophene rings is 1. The molecule has 0 radical (unpaired) electrons. The lowest BCUT2D eigenvalue weighted by molar-refractivity contribution is -0.117. The van der Waals surface area contributed by atoms with Gasteiger partial charge >= 0.3 is 6.03 Å². The Hall–Kier alpha value is -1.07. The lowest BCUT2D eigenvalue weighted by atomic mass is 10.3. The maximum atomic E-state index is 11.4. The van der Waals surface area contributed by atoms with Gasteiger partial charge in [0, 0.05) is 18.5 Å². The molecule has 88 valence electrons. The smallest absolute Gasteiger partial charge is 0.323 e. The third kappa shape index (κ3) is 4.20. The molecule has 1 aromatic rings. The number of likely N-dealkylation sites (N-methyl/N-ethyl adjacent to an activating group) is 1. The zero-order chi connectivity index (χ0) is 12.0. The molecule has 0 bridgehead atoms. The van der Waals surface area contributed by atoms with Gasteiger partial charge in [0.15, 0.2) is 0 Å². The molecule has 0 unspecified atom stereocenters. The molecule has 16 heavy (non-hydrogen) atoms. The number of nitrogens with zero attached hydrogens (tertiary/aromatic N) is 1. The predicted octanol–water partition coefficient (Wildman–Crippen LogP) is 1.70. The first-order chi connectivity index (χ1) is 7.63. The van der Waals surface area contributed by atoms with E-state index in [4.69, 9.17) is 11.6 Å². The zero-order valence-electron chi connectivity index (χ0n) is 8.90. The molecule has 1 aromatic heterocycles. The van der Waals surface area contributed by atoms with Gasteiger partial charge in [0.2, 0.25) is 5.91 Å². The molecular formula is C10H13ClN2O2S. The van der Waals surface area contributed by atoms with Crippen LogP contribution in [0.15, 0.2) is 17.5 Å². The minimum atomic E-state index is -0.477. The SMILES string of the molecule is CN(CCc1cccs1)C(=O)NC(=O)CCl. The number of carbonyl (C=O) groups excluding carboxylic acids is 2. The van der Waals surface area contributed by atoms with Crippen LogP contribution in [0.3, 0.4) is 0 Å². The lowest BCUT2D eigenvalue weighted by Gasteiger charge is -2.16. The van der Waals surface area contributed by atoms with E-state index in [0.717, 1.165) is 6.42 Å². The van der Waals surface area contributed by atoms with Crippen LogP contribution in [0, 0.1) is 0 Å². The highest BCUT2D eigenvalue weighted by atomic mass is 35.5. The summed E-state index contributed by atoms with van der Waals surface area (Å²) in [7, 11) is 1.64. The molecule has 0 atom stereocenters. The van der Waals surface area contributed by atoms with Crippen LogP contribution in [0.1, 0.15) is 4.88 Å². The van der Waals surface area contributed by atoms with Crippen LogP contribution in [0.25, 0.3) is 0 Å². The zero-order valence-corrected chi connectivity index (χ0v) is 10.5. The van der Waals surface area contributed by atoms with Crippen molar-refractivity contribution in [2.75, 3.05) is 19.5 Å². The van der Waals surface area contributed by atoms with Crippen molar-refractivity contribution < 1.29 is 9.59 Å². The molecule has 0 fully saturated rings. The second kappa shape index (κ2) is 6.50. The van der Waals surface area contributed by atoms with Crippen molar-refractivity contribution in [2.45, 2.75) is 6.42 Å². The van der Waals surface area contributed by atoms with Gasteiger partial charge in [-0.05, 0) is 17.9 Å². The second-order valence-electron chi connectivity index (χ2n) is 3.24. The van der Waals surface area contributed by atoms with E-state index in [0.29, 0.717) is 6.54 Å². The third-order valence-corrected chi connectivity index (χ3v) is 3.17. The monoisotopic (exact) mass is 260 g/mol. The standard InChI is InChI=1S/C10H13ClN2O2S/c1-13(10(15)12-9(14)7-11)5-4-8-3-2-6-16-8/h2-3,6H,4-5,7H2,1H3,(H,12,14,15). The van der Waals surface area contributed by atoms with E-state index in [9.17, 15) is 9.59 Å². The Morgan fingerprint density at radius 3 is 2.88 bits per heavy atom. The largest absolute Gasteiger partial charge is 0.327 e. The molecule has 1 N–H and O–H groups in total. The molecule has 0 aromatic carbocycles. The number of amides is 3. The molecule has 3 amide bonds. The summed E-state index contributed by atoms with van der Waals surface area (Å²) in [5.74, 6) is -0.681. The topological polar surface area (TPSA) is 49.4 Å². The number of alkyl halides is 1. The highest BCUT2D eigenvalue weighted by molar-refractivity contribution is 7.09. The quantitative estimate of drug-likeness (QED) is 0.838. The van der Waals surface area contributed by atoms with Crippen molar-refractivity contribution in [1.82, 2.24) is 10.2 Å². The molecular weight excluding hydrogens is 248 g/mol. The molecule has 4 nitrogen and oxygen atoms in total. The van der Waals surface area contributed by atoms with E-state index < -0.39 is 11.9 Å². The summed E-state index contributed by atoms with van der Waals surface area (Å²) in [6.07, 6.45) is 0.788. The first-order valence-electron chi connectivity index (χ1n) is 4.76. The van der Waals surface area contributed by atoms with Crippen LogP contribution in [0.2, 0.25) is 0 Å². The molecule has 0 aliphatic rings. The summed E-state index contributed by atoms with van der Waals surface area (Å²) in [5.41, 5.74) is 0. The van der Waals surface area contributed by atoms with Gasteiger partial charge in [-0.1, -0.05) is 6.07 Å². The fourth-order valence-electron chi connectivity index (χ4n) is 1.08. The van der Waals surface area contributed by atoms with Gasteiger partial charge < -0.3 is 4.90 Å². The lowest BCUT2D eigenvalue weighted by Crippen LogP contribution is -2.42. The van der Waals surface area contributed by atoms with Crippen molar-refractivity contribution in [2.24, 2.45) is 0 Å². The molecule has 0 aliphatic heterocycles. The first kappa shape index (κ1) is 13.0. The van der Waals surface area contributed by atoms with Crippen LogP contribution < -0.4 is 5.32 Å². The summed E-state index contributed by atoms with van der Waals surface area (Å²) in [6, 6.07) is 3.57. The Morgan fingerprint density at radius 2 is 2.31 bits per heavy atom. The van der Waals surface area contributed by atoms with Crippen molar-refractivity contribution in [3.05, 3.63) is 22.4 Å². The van der Waals surface area contributed by atoms with Crippen LogP contribution in [-0.2, 0) is 11.2 Å². The van der Waals surface area contributed by atoms with Gasteiger partial charge in [0.25, 0.3) is 0 Å². The number of hydrogen-bond acceptors (Lipinski definition) is 3. The Morgan fingerprint density at radius 1 is 1.56 bits per heavy atom. The average molecular weight is 261 g/mol. The van der Waals surface area contributed by atoms with Gasteiger partial charge in [-0.2, -0.15) is 0 Å². The molecule has 0 spiro atoms. The number of imide groups is 1. The van der Waals surface area contributed by atoms with E-state index in [2.05, 4.69) is 5.32 Å². The van der Waals surface area contributed by atoms with E-state index in [1.807, 2.05) is 17.5 Å². The number of urea groups is 1. The molecule has 6 heteroatoms. The molecule has 1 heterocycles. The second-order valence-corrected chi connectivity index (χ2v) is 4.54. The summed E-state index contributed by atoms with van der Waals surface area (Å²) in [5, 5.41) is 4.17. The van der Waals surface area contributed by atoms with E-state index in [1.165, 1.54) is 9.78 Å². The van der Waals surface area contributed by atoms with E-state index in [1.54, 1.807) is 18.4 Å². The van der Waals surface area contributed by atoms with Gasteiger partial charge in [-0.15, -0.1) is 22.9 Å². The Kier molecular flexibility index (Phi) is 5.28. The molecule has 0 aliphatic carbocycles. The van der Waals surface area contributed by atoms with Gasteiger partial charge in [0.05, 0.1) is 0 Å². The number of halogens is 1. The number of carbonyl (C=O) groups is 2. The van der Waals surface area contributed by atoms with Gasteiger partial charge in [0.1, 0.15) is 5.88 Å². The minimum Gasteiger partial charge on any atom is -0.327 e. The fraction of sp³-hybridized carbons (Fsp3) is 0.400. The number of hydrogen-bond donors (Lipinski definition) is 1. The Labute approximate surface area is 103 Å².